The molecule has 16 heavy (non-hydrogen) atoms. The van der Waals surface area contributed by atoms with Gasteiger partial charge in [0.25, 0.3) is 0 Å². The van der Waals surface area contributed by atoms with Crippen molar-refractivity contribution in [2.75, 3.05) is 26.1 Å². The van der Waals surface area contributed by atoms with E-state index in [0.717, 1.165) is 6.42 Å². The average Bonchev–Trinajstić information content (AvgIpc) is 2.82. The summed E-state index contributed by atoms with van der Waals surface area (Å²) in [4.78, 5) is 0.648. The number of methoxy groups -OCH3 is 1. The first kappa shape index (κ1) is 11.4. The van der Waals surface area contributed by atoms with E-state index in [1.807, 2.05) is 0 Å². The van der Waals surface area contributed by atoms with E-state index in [2.05, 4.69) is 0 Å². The van der Waals surface area contributed by atoms with Crippen LogP contribution in [0.4, 0.5) is 5.69 Å². The molecular weight excluding hydrogens is 226 g/mol. The molecule has 1 aliphatic heterocycles. The van der Waals surface area contributed by atoms with Gasteiger partial charge in [-0.3, -0.25) is 4.21 Å². The summed E-state index contributed by atoms with van der Waals surface area (Å²) in [6.45, 7) is 1.23. The van der Waals surface area contributed by atoms with Gasteiger partial charge in [0.15, 0.2) is 0 Å². The van der Waals surface area contributed by atoms with Crippen LogP contribution in [0.2, 0.25) is 0 Å². The van der Waals surface area contributed by atoms with Gasteiger partial charge in [0.1, 0.15) is 5.75 Å². The zero-order valence-corrected chi connectivity index (χ0v) is 9.96. The Kier molecular flexibility index (Phi) is 3.46. The Hall–Kier alpha value is -1.07. The molecule has 1 saturated heterocycles. The molecule has 0 aliphatic carbocycles. The molecule has 1 aromatic carbocycles. The molecule has 1 heterocycles. The normalized spacial score (nSPS) is 21.9. The highest BCUT2D eigenvalue weighted by atomic mass is 32.2. The van der Waals surface area contributed by atoms with Crippen LogP contribution in [0, 0.1) is 0 Å². The van der Waals surface area contributed by atoms with Crippen molar-refractivity contribution < 1.29 is 13.7 Å². The first-order chi connectivity index (χ1) is 7.72. The van der Waals surface area contributed by atoms with Gasteiger partial charge in [0.2, 0.25) is 0 Å². The molecule has 0 radical (unpaired) electrons. The fourth-order valence-electron chi connectivity index (χ4n) is 1.68. The molecule has 2 N–H and O–H groups in total. The monoisotopic (exact) mass is 241 g/mol. The Morgan fingerprint density at radius 1 is 1.56 bits per heavy atom. The second-order valence-corrected chi connectivity index (χ2v) is 5.39. The molecule has 2 atom stereocenters. The van der Waals surface area contributed by atoms with Crippen LogP contribution in [0.25, 0.3) is 0 Å². The van der Waals surface area contributed by atoms with Crippen LogP contribution in [-0.2, 0) is 15.5 Å². The lowest BCUT2D eigenvalue weighted by molar-refractivity contribution is 0.199. The van der Waals surface area contributed by atoms with Crippen LogP contribution in [-0.4, -0.2) is 29.8 Å². The zero-order chi connectivity index (χ0) is 11.5. The Morgan fingerprint density at radius 3 is 3.00 bits per heavy atom. The van der Waals surface area contributed by atoms with Crippen LogP contribution in [0.15, 0.2) is 23.1 Å². The third-order valence-corrected chi connectivity index (χ3v) is 4.39. The fraction of sp³-hybridized carbons (Fsp3) is 0.455. The van der Waals surface area contributed by atoms with Gasteiger partial charge in [-0.05, 0) is 24.6 Å². The molecule has 0 spiro atoms. The van der Waals surface area contributed by atoms with E-state index in [-0.39, 0.29) is 5.25 Å². The van der Waals surface area contributed by atoms with Gasteiger partial charge in [-0.2, -0.15) is 0 Å². The van der Waals surface area contributed by atoms with Crippen LogP contribution in [0.5, 0.6) is 5.75 Å². The number of nitrogen functional groups attached to an aromatic ring is 1. The molecule has 1 fully saturated rings. The maximum absolute atomic E-state index is 12.2. The van der Waals surface area contributed by atoms with Crippen molar-refractivity contribution >= 4 is 16.5 Å². The number of ether oxygens (including phenoxy) is 2. The van der Waals surface area contributed by atoms with Crippen molar-refractivity contribution in [3.8, 4) is 5.75 Å². The van der Waals surface area contributed by atoms with Gasteiger partial charge in [0.05, 0.1) is 34.7 Å². The fourth-order valence-corrected chi connectivity index (χ4v) is 3.10. The summed E-state index contributed by atoms with van der Waals surface area (Å²) in [5.41, 5.74) is 6.37. The standard InChI is InChI=1S/C11H15NO3S/c1-14-8-2-3-10(12)11(6-8)16(13)9-4-5-15-7-9/h2-3,6,9H,4-5,7,12H2,1H3. The summed E-state index contributed by atoms with van der Waals surface area (Å²) in [7, 11) is 0.468. The van der Waals surface area contributed by atoms with E-state index in [0.29, 0.717) is 29.5 Å². The highest BCUT2D eigenvalue weighted by Crippen LogP contribution is 2.26. The van der Waals surface area contributed by atoms with Crippen molar-refractivity contribution in [3.63, 3.8) is 0 Å². The van der Waals surface area contributed by atoms with E-state index >= 15 is 0 Å². The highest BCUT2D eigenvalue weighted by Gasteiger charge is 2.24. The summed E-state index contributed by atoms with van der Waals surface area (Å²) in [5, 5.41) is 0.0504. The molecule has 0 aromatic heterocycles. The second kappa shape index (κ2) is 4.84. The molecule has 5 heteroatoms. The molecule has 4 nitrogen and oxygen atoms in total. The predicted octanol–water partition coefficient (Wildman–Crippen LogP) is 1.17. The van der Waals surface area contributed by atoms with Crippen LogP contribution >= 0.6 is 0 Å². The molecule has 2 unspecified atom stereocenters. The lowest BCUT2D eigenvalue weighted by Crippen LogP contribution is -2.16. The summed E-state index contributed by atoms with van der Waals surface area (Å²) in [6, 6.07) is 5.23. The van der Waals surface area contributed by atoms with E-state index in [1.165, 1.54) is 0 Å². The van der Waals surface area contributed by atoms with E-state index in [1.54, 1.807) is 25.3 Å². The third kappa shape index (κ3) is 2.20. The Labute approximate surface area is 97.2 Å². The van der Waals surface area contributed by atoms with E-state index < -0.39 is 10.8 Å². The summed E-state index contributed by atoms with van der Waals surface area (Å²) in [6.07, 6.45) is 0.823. The Bertz CT molecular complexity index is 402. The van der Waals surface area contributed by atoms with E-state index in [9.17, 15) is 4.21 Å². The van der Waals surface area contributed by atoms with Gasteiger partial charge in [-0.25, -0.2) is 0 Å². The second-order valence-electron chi connectivity index (χ2n) is 3.69. The Morgan fingerprint density at radius 2 is 2.38 bits per heavy atom. The number of rotatable bonds is 3. The van der Waals surface area contributed by atoms with Crippen molar-refractivity contribution in [1.29, 1.82) is 0 Å². The van der Waals surface area contributed by atoms with E-state index in [4.69, 9.17) is 15.2 Å². The van der Waals surface area contributed by atoms with Crippen molar-refractivity contribution in [3.05, 3.63) is 18.2 Å². The van der Waals surface area contributed by atoms with Gasteiger partial charge in [0, 0.05) is 12.3 Å². The molecular formula is C11H15NO3S. The maximum atomic E-state index is 12.2. The van der Waals surface area contributed by atoms with Crippen molar-refractivity contribution in [2.45, 2.75) is 16.6 Å². The van der Waals surface area contributed by atoms with Crippen LogP contribution in [0.3, 0.4) is 0 Å². The number of benzene rings is 1. The lowest BCUT2D eigenvalue weighted by atomic mass is 10.3. The molecule has 0 amide bonds. The highest BCUT2D eigenvalue weighted by molar-refractivity contribution is 7.85. The SMILES string of the molecule is COc1ccc(N)c(S(=O)C2CCOC2)c1. The molecule has 88 valence electrons. The average molecular weight is 241 g/mol. The summed E-state index contributed by atoms with van der Waals surface area (Å²) >= 11 is 0. The minimum Gasteiger partial charge on any atom is -0.497 e. The predicted molar refractivity (Wildman–Crippen MR) is 63.0 cm³/mol. The number of hydrogen-bond donors (Lipinski definition) is 1. The lowest BCUT2D eigenvalue weighted by Gasteiger charge is -2.11. The van der Waals surface area contributed by atoms with Crippen LogP contribution < -0.4 is 10.5 Å². The minimum absolute atomic E-state index is 0.0504. The number of hydrogen-bond acceptors (Lipinski definition) is 4. The zero-order valence-electron chi connectivity index (χ0n) is 9.14. The number of nitrogens with two attached hydrogens (primary N) is 1. The first-order valence-corrected chi connectivity index (χ1v) is 6.35. The van der Waals surface area contributed by atoms with Gasteiger partial charge in [-0.1, -0.05) is 0 Å². The largest absolute Gasteiger partial charge is 0.497 e. The first-order valence-electron chi connectivity index (χ1n) is 5.14. The van der Waals surface area contributed by atoms with Crippen molar-refractivity contribution in [1.82, 2.24) is 0 Å². The molecule has 1 aromatic rings. The quantitative estimate of drug-likeness (QED) is 0.807. The van der Waals surface area contributed by atoms with Gasteiger partial charge in [-0.15, -0.1) is 0 Å². The summed E-state index contributed by atoms with van der Waals surface area (Å²) in [5.74, 6) is 0.677. The molecule has 2 rings (SSSR count). The molecule has 0 bridgehead atoms. The van der Waals surface area contributed by atoms with Gasteiger partial charge >= 0.3 is 0 Å². The number of anilines is 1. The van der Waals surface area contributed by atoms with Crippen molar-refractivity contribution in [2.24, 2.45) is 0 Å². The minimum atomic E-state index is -1.11. The van der Waals surface area contributed by atoms with Gasteiger partial charge < -0.3 is 15.2 Å². The van der Waals surface area contributed by atoms with Crippen LogP contribution in [0.1, 0.15) is 6.42 Å². The molecule has 0 saturated carbocycles. The maximum Gasteiger partial charge on any atom is 0.120 e. The third-order valence-electron chi connectivity index (χ3n) is 2.63. The molecule has 1 aliphatic rings. The smallest absolute Gasteiger partial charge is 0.120 e. The summed E-state index contributed by atoms with van der Waals surface area (Å²) < 4.78 is 22.6. The topological polar surface area (TPSA) is 61.5 Å². The Balaban J connectivity index is 2.27.